The zero-order valence-electron chi connectivity index (χ0n) is 32.4. The summed E-state index contributed by atoms with van der Waals surface area (Å²) in [4.78, 5) is 65.0. The minimum Gasteiger partial charge on any atom is -0.497 e. The van der Waals surface area contributed by atoms with Crippen LogP contribution in [0.1, 0.15) is 66.6 Å². The first-order chi connectivity index (χ1) is 26.5. The van der Waals surface area contributed by atoms with Crippen LogP contribution in [0.2, 0.25) is 0 Å². The molecular weight excluding hydrogens is 737 g/mol. The molecule has 1 aliphatic heterocycles. The van der Waals surface area contributed by atoms with Crippen LogP contribution in [0.15, 0.2) is 46.6 Å². The van der Waals surface area contributed by atoms with Gasteiger partial charge in [-0.1, -0.05) is 32.9 Å². The Balaban J connectivity index is 1.36. The van der Waals surface area contributed by atoms with Gasteiger partial charge in [-0.25, -0.2) is 9.97 Å². The lowest BCUT2D eigenvalue weighted by atomic mass is 9.93. The normalized spacial score (nSPS) is 14.1. The molecule has 0 radical (unpaired) electrons. The number of nitrogens with two attached hydrogens (primary N) is 2. The van der Waals surface area contributed by atoms with E-state index < -0.39 is 17.4 Å². The maximum absolute atomic E-state index is 14.8. The smallest absolute Gasteiger partial charge is 0.275 e. The van der Waals surface area contributed by atoms with Crippen LogP contribution in [0.25, 0.3) is 28.5 Å². The number of thiazole rings is 1. The Morgan fingerprint density at radius 1 is 1.04 bits per heavy atom. The molecule has 5 aromatic rings. The molecule has 0 bridgehead atoms. The van der Waals surface area contributed by atoms with E-state index in [2.05, 4.69) is 20.7 Å². The average Bonchev–Trinajstić information content (AvgIpc) is 3.81. The standard InChI is InChI=1S/C38H46N12O5S/c1-38(2,3)29-22-56-36(42-29)28-17-24(34(40)53)18-32-43-35(47-15-13-25(14-16-47)41-33(52)21-50(4,5)20-30(39)51)27(37(54)49(28)32)11-12-31-44-46-48(45-31)19-23-7-9-26(55-6)10-8-23/h7-12,17-18,22,25H,13-16,19-21H2,1-6H3,(H4-,39,40,41,51,52,53)/p+1. The number of piperidine rings is 1. The lowest BCUT2D eigenvalue weighted by molar-refractivity contribution is -0.874. The molecule has 18 heteroatoms. The summed E-state index contributed by atoms with van der Waals surface area (Å²) in [5.41, 5.74) is 13.4. The number of likely N-dealkylation sites (N-methyl/N-ethyl adjacent to an activating group) is 1. The van der Waals surface area contributed by atoms with Gasteiger partial charge in [-0.15, -0.1) is 21.5 Å². The largest absolute Gasteiger partial charge is 0.497 e. The van der Waals surface area contributed by atoms with Crippen molar-refractivity contribution in [2.24, 2.45) is 11.5 Å². The first-order valence-electron chi connectivity index (χ1n) is 18.1. The number of quaternary nitrogens is 1. The van der Waals surface area contributed by atoms with Gasteiger partial charge in [0.15, 0.2) is 18.9 Å². The van der Waals surface area contributed by atoms with Gasteiger partial charge >= 0.3 is 0 Å². The van der Waals surface area contributed by atoms with Gasteiger partial charge in [-0.2, -0.15) is 4.80 Å². The fourth-order valence-electron chi connectivity index (χ4n) is 6.50. The van der Waals surface area contributed by atoms with Crippen LogP contribution in [0, 0.1) is 0 Å². The molecule has 294 valence electrons. The topological polar surface area (TPSA) is 219 Å². The fourth-order valence-corrected chi connectivity index (χ4v) is 7.55. The number of nitrogens with zero attached hydrogens (tertiary/aromatic N) is 9. The Morgan fingerprint density at radius 3 is 2.38 bits per heavy atom. The van der Waals surface area contributed by atoms with Crippen molar-refractivity contribution in [2.75, 3.05) is 52.3 Å². The fraction of sp³-hybridized carbons (Fsp3) is 0.395. The van der Waals surface area contributed by atoms with Crippen molar-refractivity contribution >= 4 is 52.7 Å². The second-order valence-electron chi connectivity index (χ2n) is 15.5. The van der Waals surface area contributed by atoms with Crippen molar-refractivity contribution in [3.8, 4) is 16.5 Å². The highest BCUT2D eigenvalue weighted by Crippen LogP contribution is 2.32. The number of tetrazole rings is 1. The van der Waals surface area contributed by atoms with E-state index in [0.29, 0.717) is 49.0 Å². The van der Waals surface area contributed by atoms with Gasteiger partial charge in [0.1, 0.15) is 22.2 Å². The number of nitrogens with one attached hydrogen (secondary N) is 1. The quantitative estimate of drug-likeness (QED) is 0.147. The number of rotatable bonds is 13. The minimum atomic E-state index is -0.667. The molecule has 0 aliphatic carbocycles. The van der Waals surface area contributed by atoms with E-state index in [0.717, 1.165) is 17.0 Å². The molecule has 0 spiro atoms. The number of ether oxygens (including phenoxy) is 1. The highest BCUT2D eigenvalue weighted by molar-refractivity contribution is 7.13. The van der Waals surface area contributed by atoms with Crippen LogP contribution >= 0.6 is 11.3 Å². The molecule has 0 saturated carbocycles. The average molecular weight is 784 g/mol. The highest BCUT2D eigenvalue weighted by atomic mass is 32.1. The van der Waals surface area contributed by atoms with Gasteiger partial charge in [0.05, 0.1) is 44.7 Å². The molecule has 1 aliphatic rings. The van der Waals surface area contributed by atoms with Gasteiger partial charge in [0.25, 0.3) is 17.4 Å². The number of pyridine rings is 1. The number of methoxy groups -OCH3 is 1. The number of aromatic nitrogens is 7. The third kappa shape index (κ3) is 9.26. The number of hydrogen-bond donors (Lipinski definition) is 3. The number of carbonyl (C=O) groups is 3. The number of amides is 3. The van der Waals surface area contributed by atoms with Crippen molar-refractivity contribution < 1.29 is 23.6 Å². The number of fused-ring (bicyclic) bond motifs is 1. The first kappa shape index (κ1) is 39.7. The molecule has 0 unspecified atom stereocenters. The lowest BCUT2D eigenvalue weighted by Gasteiger charge is -2.34. The van der Waals surface area contributed by atoms with Crippen LogP contribution in [-0.4, -0.2) is 110 Å². The molecule has 5 N–H and O–H groups in total. The summed E-state index contributed by atoms with van der Waals surface area (Å²) >= 11 is 1.36. The van der Waals surface area contributed by atoms with E-state index >= 15 is 0 Å². The van der Waals surface area contributed by atoms with Crippen LogP contribution in [0.5, 0.6) is 5.75 Å². The number of benzene rings is 1. The Labute approximate surface area is 327 Å². The van der Waals surface area contributed by atoms with Gasteiger partial charge in [0, 0.05) is 35.5 Å². The Kier molecular flexibility index (Phi) is 11.3. The summed E-state index contributed by atoms with van der Waals surface area (Å²) in [7, 11) is 5.15. The molecule has 56 heavy (non-hydrogen) atoms. The second-order valence-corrected chi connectivity index (χ2v) is 16.4. The summed E-state index contributed by atoms with van der Waals surface area (Å²) in [6.45, 7) is 7.59. The molecule has 3 amide bonds. The third-order valence-corrected chi connectivity index (χ3v) is 10.2. The van der Waals surface area contributed by atoms with Gasteiger partial charge in [-0.05, 0) is 60.0 Å². The van der Waals surface area contributed by atoms with Crippen molar-refractivity contribution in [1.82, 2.24) is 39.9 Å². The summed E-state index contributed by atoms with van der Waals surface area (Å²) in [6, 6.07) is 10.5. The van der Waals surface area contributed by atoms with E-state index in [-0.39, 0.29) is 57.5 Å². The Hall–Kier alpha value is -6.01. The molecule has 1 fully saturated rings. The van der Waals surface area contributed by atoms with E-state index in [4.69, 9.17) is 26.2 Å². The zero-order valence-corrected chi connectivity index (χ0v) is 33.2. The minimum absolute atomic E-state index is 0.0410. The second kappa shape index (κ2) is 16.0. The summed E-state index contributed by atoms with van der Waals surface area (Å²) < 4.78 is 6.84. The SMILES string of the molecule is COc1ccc(Cn2nnc(C=Cc3c(N4CCC(NC(=O)C[N+](C)(C)CC(N)=O)CC4)nc4cc(C(N)=O)cc(-c5nc(C(C)(C)C)cs5)n4c3=O)n2)cc1. The molecular formula is C38H47N12O5S+. The number of carbonyl (C=O) groups excluding carboxylic acids is 3. The van der Waals surface area contributed by atoms with E-state index in [1.165, 1.54) is 26.6 Å². The van der Waals surface area contributed by atoms with Crippen molar-refractivity contribution in [3.05, 3.63) is 80.3 Å². The number of hydrogen-bond acceptors (Lipinski definition) is 12. The Bertz CT molecular complexity index is 2350. The third-order valence-electron chi connectivity index (χ3n) is 9.38. The highest BCUT2D eigenvalue weighted by Gasteiger charge is 2.29. The predicted octanol–water partition coefficient (Wildman–Crippen LogP) is 2.07. The monoisotopic (exact) mass is 783 g/mol. The van der Waals surface area contributed by atoms with Crippen LogP contribution in [0.3, 0.4) is 0 Å². The summed E-state index contributed by atoms with van der Waals surface area (Å²) in [5, 5.41) is 18.5. The van der Waals surface area contributed by atoms with E-state index in [1.54, 1.807) is 39.4 Å². The molecule has 5 heterocycles. The van der Waals surface area contributed by atoms with E-state index in [1.807, 2.05) is 55.3 Å². The summed E-state index contributed by atoms with van der Waals surface area (Å²) in [5.74, 6) is 0.0819. The van der Waals surface area contributed by atoms with Crippen LogP contribution in [0.4, 0.5) is 5.82 Å². The van der Waals surface area contributed by atoms with Crippen molar-refractivity contribution in [3.63, 3.8) is 0 Å². The van der Waals surface area contributed by atoms with Crippen LogP contribution < -0.4 is 32.0 Å². The van der Waals surface area contributed by atoms with Gasteiger partial charge in [-0.3, -0.25) is 23.6 Å². The Morgan fingerprint density at radius 2 is 1.75 bits per heavy atom. The predicted molar refractivity (Wildman–Crippen MR) is 213 cm³/mol. The van der Waals surface area contributed by atoms with Crippen molar-refractivity contribution in [2.45, 2.75) is 51.6 Å². The maximum Gasteiger partial charge on any atom is 0.275 e. The zero-order chi connectivity index (χ0) is 40.4. The van der Waals surface area contributed by atoms with Crippen molar-refractivity contribution in [1.29, 1.82) is 0 Å². The molecule has 6 rings (SSSR count). The number of anilines is 1. The molecule has 1 aromatic carbocycles. The maximum atomic E-state index is 14.8. The molecule has 4 aromatic heterocycles. The lowest BCUT2D eigenvalue weighted by Crippen LogP contribution is -2.54. The van der Waals surface area contributed by atoms with Gasteiger partial charge in [0.2, 0.25) is 5.91 Å². The van der Waals surface area contributed by atoms with E-state index in [9.17, 15) is 19.2 Å². The van der Waals surface area contributed by atoms with Gasteiger partial charge < -0.3 is 30.9 Å². The number of primary amides is 2. The molecule has 17 nitrogen and oxygen atoms in total. The summed E-state index contributed by atoms with van der Waals surface area (Å²) in [6.07, 6.45) is 4.39. The molecule has 0 atom stereocenters. The van der Waals surface area contributed by atoms with Crippen LogP contribution in [-0.2, 0) is 21.5 Å². The molecule has 1 saturated heterocycles. The first-order valence-corrected chi connectivity index (χ1v) is 19.0.